The fraction of sp³-hybridized carbons (Fsp3) is 0. The molecule has 9 rings (SSSR count). The fourth-order valence-corrected chi connectivity index (χ4v) is 8.71. The van der Waals surface area contributed by atoms with Crippen LogP contribution >= 0.6 is 0 Å². The molecule has 0 atom stereocenters. The Hall–Kier alpha value is -4.63. The van der Waals surface area contributed by atoms with Crippen molar-refractivity contribution in [2.75, 3.05) is 0 Å². The summed E-state index contributed by atoms with van der Waals surface area (Å²) in [6.07, 6.45) is 2.06. The van der Waals surface area contributed by atoms with Crippen molar-refractivity contribution in [1.29, 1.82) is 0 Å². The Morgan fingerprint density at radius 2 is 0.949 bits per heavy atom. The number of pyridine rings is 1. The normalized spacial score (nSPS) is 12.1. The summed E-state index contributed by atoms with van der Waals surface area (Å²) in [5.41, 5.74) is 7.29. The van der Waals surface area contributed by atoms with Crippen LogP contribution in [0.3, 0.4) is 0 Å². The summed E-state index contributed by atoms with van der Waals surface area (Å²) in [7, 11) is 0. The van der Waals surface area contributed by atoms with Gasteiger partial charge in [0.2, 0.25) is 0 Å². The van der Waals surface area contributed by atoms with Gasteiger partial charge in [0.15, 0.2) is 0 Å². The maximum atomic E-state index is 5.09. The Kier molecular flexibility index (Phi) is 4.34. The van der Waals surface area contributed by atoms with Gasteiger partial charge in [-0.05, 0) is 0 Å². The third kappa shape index (κ3) is 2.90. The van der Waals surface area contributed by atoms with E-state index in [1.807, 2.05) is 0 Å². The van der Waals surface area contributed by atoms with Crippen LogP contribution in [0.2, 0.25) is 0 Å². The van der Waals surface area contributed by atoms with E-state index in [1.54, 1.807) is 0 Å². The van der Waals surface area contributed by atoms with Crippen LogP contribution in [-0.2, 0) is 0 Å². The standard InChI is InChI=1S/C35H21N3Se/c1-5-15-29-23(10-1)24-11-2-6-16-30(24)37(29)22-20-28-27-14-9-19-33(34(27)39-35(28)36-21-22)38-31-17-7-3-12-25(31)26-13-4-8-18-32(26)38/h1-21H. The van der Waals surface area contributed by atoms with Crippen LogP contribution < -0.4 is 0 Å². The van der Waals surface area contributed by atoms with Gasteiger partial charge in [0.25, 0.3) is 0 Å². The first kappa shape index (κ1) is 21.3. The van der Waals surface area contributed by atoms with Crippen LogP contribution in [0.1, 0.15) is 0 Å². The molecule has 0 saturated carbocycles. The Bertz CT molecular complexity index is 2300. The van der Waals surface area contributed by atoms with E-state index in [2.05, 4.69) is 137 Å². The van der Waals surface area contributed by atoms with Gasteiger partial charge in [-0.1, -0.05) is 0 Å². The molecule has 0 amide bonds. The van der Waals surface area contributed by atoms with Crippen LogP contribution in [0.15, 0.2) is 128 Å². The van der Waals surface area contributed by atoms with Crippen LogP contribution in [0.5, 0.6) is 0 Å². The van der Waals surface area contributed by atoms with Gasteiger partial charge in [0.05, 0.1) is 0 Å². The van der Waals surface area contributed by atoms with E-state index in [-0.39, 0.29) is 14.5 Å². The topological polar surface area (TPSA) is 22.8 Å². The summed E-state index contributed by atoms with van der Waals surface area (Å²) >= 11 is 0.118. The summed E-state index contributed by atoms with van der Waals surface area (Å²) in [4.78, 5) is 5.09. The number of nitrogens with zero attached hydrogens (tertiary/aromatic N) is 3. The van der Waals surface area contributed by atoms with Gasteiger partial charge >= 0.3 is 231 Å². The summed E-state index contributed by atoms with van der Waals surface area (Å²) in [6, 6.07) is 43.9. The molecule has 0 spiro atoms. The molecule has 39 heavy (non-hydrogen) atoms. The summed E-state index contributed by atoms with van der Waals surface area (Å²) in [5.74, 6) is 0. The van der Waals surface area contributed by atoms with E-state index in [0.717, 1.165) is 5.69 Å². The number of fused-ring (bicyclic) bond motifs is 9. The Morgan fingerprint density at radius 3 is 1.51 bits per heavy atom. The molecule has 0 aliphatic heterocycles. The zero-order valence-corrected chi connectivity index (χ0v) is 22.6. The first-order valence-electron chi connectivity index (χ1n) is 13.2. The van der Waals surface area contributed by atoms with Crippen molar-refractivity contribution in [3.05, 3.63) is 128 Å². The van der Waals surface area contributed by atoms with Crippen LogP contribution in [0, 0.1) is 0 Å². The molecule has 182 valence electrons. The molecule has 0 unspecified atom stereocenters. The third-order valence-electron chi connectivity index (χ3n) is 7.98. The summed E-state index contributed by atoms with van der Waals surface area (Å²) in [6.45, 7) is 0. The Morgan fingerprint density at radius 1 is 0.462 bits per heavy atom. The molecule has 9 aromatic rings. The van der Waals surface area contributed by atoms with Crippen molar-refractivity contribution in [3.63, 3.8) is 0 Å². The van der Waals surface area contributed by atoms with Crippen molar-refractivity contribution in [1.82, 2.24) is 14.1 Å². The molecule has 0 N–H and O–H groups in total. The average molecular weight is 563 g/mol. The van der Waals surface area contributed by atoms with Gasteiger partial charge in [-0.3, -0.25) is 0 Å². The second kappa shape index (κ2) is 7.94. The predicted octanol–water partition coefficient (Wildman–Crippen LogP) is 8.64. The van der Waals surface area contributed by atoms with E-state index in [0.29, 0.717) is 0 Å². The van der Waals surface area contributed by atoms with Gasteiger partial charge in [0.1, 0.15) is 0 Å². The van der Waals surface area contributed by atoms with Crippen molar-refractivity contribution in [2.45, 2.75) is 0 Å². The van der Waals surface area contributed by atoms with Gasteiger partial charge < -0.3 is 0 Å². The molecule has 0 saturated heterocycles. The Balaban J connectivity index is 1.34. The molecule has 3 nitrogen and oxygen atoms in total. The zero-order valence-electron chi connectivity index (χ0n) is 20.9. The van der Waals surface area contributed by atoms with Crippen molar-refractivity contribution in [2.24, 2.45) is 0 Å². The SMILES string of the molecule is c1cc(-n2c3ccccc3c3ccccc32)c2[se]c3ncc(-n4c5ccccc5c5ccccc54)cc3c2c1. The summed E-state index contributed by atoms with van der Waals surface area (Å²) < 4.78 is 7.42. The second-order valence-corrected chi connectivity index (χ2v) is 12.1. The molecule has 0 bridgehead atoms. The van der Waals surface area contributed by atoms with Gasteiger partial charge in [-0.15, -0.1) is 0 Å². The molecule has 4 heterocycles. The molecule has 4 heteroatoms. The van der Waals surface area contributed by atoms with E-state index in [1.165, 1.54) is 68.7 Å². The molecule has 5 aromatic carbocycles. The number of aromatic nitrogens is 3. The molecular formula is C35H21N3Se. The molecule has 4 aromatic heterocycles. The number of hydrogen-bond donors (Lipinski definition) is 0. The quantitative estimate of drug-likeness (QED) is 0.193. The fourth-order valence-electron chi connectivity index (χ4n) is 6.34. The number of rotatable bonds is 2. The number of hydrogen-bond acceptors (Lipinski definition) is 1. The third-order valence-corrected chi connectivity index (χ3v) is 10.4. The van der Waals surface area contributed by atoms with Crippen LogP contribution in [0.4, 0.5) is 0 Å². The first-order valence-corrected chi connectivity index (χ1v) is 14.9. The van der Waals surface area contributed by atoms with Gasteiger partial charge in [-0.25, -0.2) is 0 Å². The minimum absolute atomic E-state index is 0.118. The van der Waals surface area contributed by atoms with Crippen molar-refractivity contribution >= 4 is 77.5 Å². The minimum atomic E-state index is 0.118. The summed E-state index contributed by atoms with van der Waals surface area (Å²) in [5, 5.41) is 7.69. The van der Waals surface area contributed by atoms with E-state index >= 15 is 0 Å². The van der Waals surface area contributed by atoms with Gasteiger partial charge in [0, 0.05) is 0 Å². The zero-order chi connectivity index (χ0) is 25.5. The first-order chi connectivity index (χ1) is 19.4. The van der Waals surface area contributed by atoms with E-state index < -0.39 is 0 Å². The average Bonchev–Trinajstić information content (AvgIpc) is 3.65. The molecule has 0 aliphatic carbocycles. The molecular weight excluding hydrogens is 541 g/mol. The maximum absolute atomic E-state index is 5.09. The van der Waals surface area contributed by atoms with Crippen LogP contribution in [-0.4, -0.2) is 28.6 Å². The van der Waals surface area contributed by atoms with E-state index in [9.17, 15) is 0 Å². The second-order valence-electron chi connectivity index (χ2n) is 10.0. The van der Waals surface area contributed by atoms with Crippen LogP contribution in [0.25, 0.3) is 74.4 Å². The number of benzene rings is 5. The molecule has 0 aliphatic rings. The molecule has 0 fully saturated rings. The van der Waals surface area contributed by atoms with Crippen molar-refractivity contribution < 1.29 is 0 Å². The number of para-hydroxylation sites is 4. The predicted molar refractivity (Wildman–Crippen MR) is 165 cm³/mol. The van der Waals surface area contributed by atoms with Gasteiger partial charge in [-0.2, -0.15) is 0 Å². The van der Waals surface area contributed by atoms with Crippen molar-refractivity contribution in [3.8, 4) is 11.4 Å². The Labute approximate surface area is 229 Å². The molecule has 0 radical (unpaired) electrons. The monoisotopic (exact) mass is 563 g/mol. The van der Waals surface area contributed by atoms with E-state index in [4.69, 9.17) is 4.98 Å².